The number of nitrogens with one attached hydrogen (secondary N) is 1. The van der Waals surface area contributed by atoms with E-state index in [4.69, 9.17) is 13.9 Å². The zero-order valence-corrected chi connectivity index (χ0v) is 16.6. The Morgan fingerprint density at radius 2 is 2.07 bits per heavy atom. The number of imidazole rings is 1. The zero-order chi connectivity index (χ0) is 19.9. The van der Waals surface area contributed by atoms with Gasteiger partial charge in [0.15, 0.2) is 11.4 Å². The Morgan fingerprint density at radius 1 is 1.13 bits per heavy atom. The van der Waals surface area contributed by atoms with Crippen LogP contribution in [0.15, 0.2) is 47.0 Å². The highest BCUT2D eigenvalue weighted by molar-refractivity contribution is 5.94. The van der Waals surface area contributed by atoms with E-state index in [9.17, 15) is 0 Å². The second-order valence-electron chi connectivity index (χ2n) is 7.72. The maximum absolute atomic E-state index is 6.22. The van der Waals surface area contributed by atoms with E-state index in [1.165, 1.54) is 5.69 Å². The Labute approximate surface area is 173 Å². The molecule has 4 aromatic rings. The molecule has 3 aromatic heterocycles. The number of aromatic nitrogens is 3. The molecule has 0 radical (unpaired) electrons. The van der Waals surface area contributed by atoms with Crippen molar-refractivity contribution in [3.8, 4) is 17.3 Å². The van der Waals surface area contributed by atoms with Gasteiger partial charge < -0.3 is 24.1 Å². The number of morpholine rings is 1. The predicted octanol–water partition coefficient (Wildman–Crippen LogP) is 2.72. The number of nitrogens with zero attached hydrogens (tertiary/aromatic N) is 4. The van der Waals surface area contributed by atoms with E-state index in [0.717, 1.165) is 73.9 Å². The Morgan fingerprint density at radius 3 is 2.93 bits per heavy atom. The summed E-state index contributed by atoms with van der Waals surface area (Å²) in [4.78, 5) is 6.84. The highest BCUT2D eigenvalue weighted by atomic mass is 16.5. The van der Waals surface area contributed by atoms with Crippen molar-refractivity contribution in [3.63, 3.8) is 0 Å². The van der Waals surface area contributed by atoms with Gasteiger partial charge in [-0.05, 0) is 37.2 Å². The average Bonchev–Trinajstić information content (AvgIpc) is 3.53. The first-order chi connectivity index (χ1) is 14.8. The van der Waals surface area contributed by atoms with Crippen LogP contribution in [0.4, 0.5) is 5.69 Å². The maximum Gasteiger partial charge on any atom is 0.232 e. The van der Waals surface area contributed by atoms with Gasteiger partial charge in [0, 0.05) is 36.8 Å². The lowest BCUT2D eigenvalue weighted by molar-refractivity contribution is 0.123. The second kappa shape index (κ2) is 7.30. The van der Waals surface area contributed by atoms with Crippen LogP contribution in [0.5, 0.6) is 5.88 Å². The minimum atomic E-state index is 0.157. The van der Waals surface area contributed by atoms with Crippen LogP contribution in [0, 0.1) is 0 Å². The van der Waals surface area contributed by atoms with Crippen LogP contribution in [-0.4, -0.2) is 60.1 Å². The van der Waals surface area contributed by atoms with Crippen molar-refractivity contribution in [2.75, 3.05) is 44.3 Å². The Bertz CT molecular complexity index is 1190. The van der Waals surface area contributed by atoms with Crippen molar-refractivity contribution in [2.24, 2.45) is 0 Å². The third-order valence-electron chi connectivity index (χ3n) is 5.78. The van der Waals surface area contributed by atoms with Crippen LogP contribution in [0.3, 0.4) is 0 Å². The van der Waals surface area contributed by atoms with Crippen LogP contribution in [0.2, 0.25) is 0 Å². The van der Waals surface area contributed by atoms with Crippen LogP contribution in [0.25, 0.3) is 28.1 Å². The minimum absolute atomic E-state index is 0.157. The van der Waals surface area contributed by atoms with Gasteiger partial charge in [-0.1, -0.05) is 6.07 Å². The van der Waals surface area contributed by atoms with E-state index in [1.54, 1.807) is 10.7 Å². The molecular formula is C22H23N5O3. The monoisotopic (exact) mass is 405 g/mol. The molecule has 1 N–H and O–H groups in total. The third kappa shape index (κ3) is 3.09. The molecule has 1 aromatic carbocycles. The highest BCUT2D eigenvalue weighted by Gasteiger charge is 2.20. The molecule has 2 saturated heterocycles. The van der Waals surface area contributed by atoms with Gasteiger partial charge in [-0.3, -0.25) is 0 Å². The molecule has 1 atom stereocenters. The van der Waals surface area contributed by atoms with Gasteiger partial charge in [0.05, 0.1) is 19.4 Å². The van der Waals surface area contributed by atoms with Crippen molar-refractivity contribution < 1.29 is 13.9 Å². The Balaban J connectivity index is 1.39. The summed E-state index contributed by atoms with van der Waals surface area (Å²) in [6.45, 7) is 5.09. The SMILES string of the molecule is c1cc(N2CCOCC2)c2cc(-c3cnc4ccc(O[C@@H]5CCNC5)nn34)oc2c1. The molecule has 0 spiro atoms. The molecule has 6 rings (SSSR count). The van der Waals surface area contributed by atoms with Gasteiger partial charge in [-0.15, -0.1) is 5.10 Å². The summed E-state index contributed by atoms with van der Waals surface area (Å²) in [7, 11) is 0. The highest BCUT2D eigenvalue weighted by Crippen LogP contribution is 2.34. The molecular weight excluding hydrogens is 382 g/mol. The summed E-state index contributed by atoms with van der Waals surface area (Å²) >= 11 is 0. The van der Waals surface area contributed by atoms with Crippen LogP contribution >= 0.6 is 0 Å². The fourth-order valence-electron chi connectivity index (χ4n) is 4.24. The smallest absolute Gasteiger partial charge is 0.232 e. The molecule has 8 nitrogen and oxygen atoms in total. The van der Waals surface area contributed by atoms with E-state index >= 15 is 0 Å². The quantitative estimate of drug-likeness (QED) is 0.559. The van der Waals surface area contributed by atoms with E-state index in [1.807, 2.05) is 24.3 Å². The number of fused-ring (bicyclic) bond motifs is 2. The van der Waals surface area contributed by atoms with Gasteiger partial charge in [-0.2, -0.15) is 0 Å². The second-order valence-corrected chi connectivity index (χ2v) is 7.72. The van der Waals surface area contributed by atoms with Crippen molar-refractivity contribution in [3.05, 3.63) is 42.6 Å². The molecule has 2 aliphatic heterocycles. The number of hydrogen-bond acceptors (Lipinski definition) is 7. The fraction of sp³-hybridized carbons (Fsp3) is 0.364. The van der Waals surface area contributed by atoms with Crippen LogP contribution in [0.1, 0.15) is 6.42 Å². The number of anilines is 1. The molecule has 30 heavy (non-hydrogen) atoms. The van der Waals surface area contributed by atoms with Crippen LogP contribution in [-0.2, 0) is 4.74 Å². The summed E-state index contributed by atoms with van der Waals surface area (Å²) in [6, 6.07) is 12.1. The van der Waals surface area contributed by atoms with Crippen LogP contribution < -0.4 is 15.0 Å². The first kappa shape index (κ1) is 17.7. The minimum Gasteiger partial charge on any atom is -0.472 e. The summed E-state index contributed by atoms with van der Waals surface area (Å²) in [6.07, 6.45) is 2.95. The van der Waals surface area contributed by atoms with Gasteiger partial charge >= 0.3 is 0 Å². The summed E-state index contributed by atoms with van der Waals surface area (Å²) in [5.41, 5.74) is 3.60. The van der Waals surface area contributed by atoms with E-state index in [2.05, 4.69) is 32.4 Å². The first-order valence-corrected chi connectivity index (χ1v) is 10.4. The van der Waals surface area contributed by atoms with Crippen molar-refractivity contribution >= 4 is 22.3 Å². The first-order valence-electron chi connectivity index (χ1n) is 10.4. The number of rotatable bonds is 4. The fourth-order valence-corrected chi connectivity index (χ4v) is 4.24. The maximum atomic E-state index is 6.22. The number of benzene rings is 1. The summed E-state index contributed by atoms with van der Waals surface area (Å²) in [5.74, 6) is 1.34. The van der Waals surface area contributed by atoms with Crippen molar-refractivity contribution in [2.45, 2.75) is 12.5 Å². The van der Waals surface area contributed by atoms with Crippen molar-refractivity contribution in [1.29, 1.82) is 0 Å². The number of furan rings is 1. The molecule has 2 aliphatic rings. The Hall–Kier alpha value is -3.10. The number of ether oxygens (including phenoxy) is 2. The van der Waals surface area contributed by atoms with Gasteiger partial charge in [0.2, 0.25) is 5.88 Å². The molecule has 5 heterocycles. The molecule has 0 bridgehead atoms. The summed E-state index contributed by atoms with van der Waals surface area (Å²) in [5, 5.41) is 9.08. The predicted molar refractivity (Wildman–Crippen MR) is 113 cm³/mol. The van der Waals surface area contributed by atoms with Crippen molar-refractivity contribution in [1.82, 2.24) is 19.9 Å². The molecule has 0 amide bonds. The van der Waals surface area contributed by atoms with E-state index in [-0.39, 0.29) is 6.10 Å². The lowest BCUT2D eigenvalue weighted by Gasteiger charge is -2.29. The normalized spacial score (nSPS) is 19.7. The third-order valence-corrected chi connectivity index (χ3v) is 5.78. The summed E-state index contributed by atoms with van der Waals surface area (Å²) < 4.78 is 19.5. The average molecular weight is 405 g/mol. The van der Waals surface area contributed by atoms with Gasteiger partial charge in [-0.25, -0.2) is 9.50 Å². The van der Waals surface area contributed by atoms with Gasteiger partial charge in [0.1, 0.15) is 17.4 Å². The molecule has 2 fully saturated rings. The molecule has 154 valence electrons. The zero-order valence-electron chi connectivity index (χ0n) is 16.6. The van der Waals surface area contributed by atoms with E-state index in [0.29, 0.717) is 5.88 Å². The molecule has 8 heteroatoms. The number of hydrogen-bond donors (Lipinski definition) is 1. The molecule has 0 unspecified atom stereocenters. The van der Waals surface area contributed by atoms with Gasteiger partial charge in [0.25, 0.3) is 0 Å². The standard InChI is InChI=1S/C22H23N5O3/c1-2-17(26-8-10-28-11-9-26)16-12-20(30-19(16)3-1)18-14-24-21-4-5-22(25-27(18)21)29-15-6-7-23-13-15/h1-5,12,14-15,23H,6-11,13H2/t15-/m1/s1. The molecule has 0 saturated carbocycles. The largest absolute Gasteiger partial charge is 0.472 e. The topological polar surface area (TPSA) is 77.1 Å². The Kier molecular flexibility index (Phi) is 4.32. The lowest BCUT2D eigenvalue weighted by atomic mass is 10.2. The van der Waals surface area contributed by atoms with E-state index < -0.39 is 0 Å². The molecule has 0 aliphatic carbocycles. The lowest BCUT2D eigenvalue weighted by Crippen LogP contribution is -2.36.